The largest absolute Gasteiger partial charge is 0.422 e. The Hall–Kier alpha value is -2.78. The monoisotopic (exact) mass is 401 g/mol. The van der Waals surface area contributed by atoms with Gasteiger partial charge in [0.1, 0.15) is 16.0 Å². The third kappa shape index (κ3) is 2.87. The lowest BCUT2D eigenvalue weighted by molar-refractivity contribution is 0.0938. The van der Waals surface area contributed by atoms with Crippen LogP contribution in [0.1, 0.15) is 34.6 Å². The average Bonchev–Trinajstić information content (AvgIpc) is 3.29. The molecule has 3 heterocycles. The van der Waals surface area contributed by atoms with Crippen LogP contribution in [0.3, 0.4) is 0 Å². The van der Waals surface area contributed by atoms with Crippen molar-refractivity contribution >= 4 is 26.9 Å². The van der Waals surface area contributed by atoms with E-state index in [1.165, 1.54) is 17.3 Å². The van der Waals surface area contributed by atoms with Gasteiger partial charge in [-0.3, -0.25) is 4.79 Å². The molecule has 146 valence electrons. The average molecular weight is 401 g/mol. The summed E-state index contributed by atoms with van der Waals surface area (Å²) in [5.41, 5.74) is -0.214. The van der Waals surface area contributed by atoms with Crippen LogP contribution in [-0.2, 0) is 10.0 Å². The summed E-state index contributed by atoms with van der Waals surface area (Å²) >= 11 is 0. The van der Waals surface area contributed by atoms with Crippen LogP contribution in [0.25, 0.3) is 11.0 Å². The van der Waals surface area contributed by atoms with Gasteiger partial charge in [0.25, 0.3) is 5.91 Å². The fraction of sp³-hybridized carbons (Fsp3) is 0.316. The molecule has 1 aliphatic heterocycles. The molecule has 0 unspecified atom stereocenters. The maximum absolute atomic E-state index is 13.0. The minimum Gasteiger partial charge on any atom is -0.422 e. The van der Waals surface area contributed by atoms with Crippen LogP contribution in [0.5, 0.6) is 0 Å². The highest BCUT2D eigenvalue weighted by Crippen LogP contribution is 2.26. The van der Waals surface area contributed by atoms with E-state index in [1.807, 2.05) is 0 Å². The Morgan fingerprint density at radius 1 is 1.14 bits per heavy atom. The second-order valence-corrected chi connectivity index (χ2v) is 8.69. The number of aromatic nitrogens is 2. The number of aryl methyl sites for hydroxylation is 1. The Morgan fingerprint density at radius 2 is 1.82 bits per heavy atom. The summed E-state index contributed by atoms with van der Waals surface area (Å²) < 4.78 is 33.5. The molecule has 0 amide bonds. The number of sulfonamides is 1. The molecular weight excluding hydrogens is 382 g/mol. The van der Waals surface area contributed by atoms with Crippen molar-refractivity contribution in [1.29, 1.82) is 0 Å². The van der Waals surface area contributed by atoms with Crippen LogP contribution in [-0.4, -0.2) is 41.5 Å². The molecule has 1 aromatic carbocycles. The molecule has 0 bridgehead atoms. The van der Waals surface area contributed by atoms with E-state index < -0.39 is 21.6 Å². The topological polar surface area (TPSA) is 102 Å². The van der Waals surface area contributed by atoms with Crippen molar-refractivity contribution in [3.05, 3.63) is 57.7 Å². The van der Waals surface area contributed by atoms with Gasteiger partial charge in [0.2, 0.25) is 10.0 Å². The first-order valence-electron chi connectivity index (χ1n) is 8.94. The number of hydrogen-bond donors (Lipinski definition) is 0. The van der Waals surface area contributed by atoms with Crippen LogP contribution in [0.15, 0.2) is 44.4 Å². The van der Waals surface area contributed by atoms with Gasteiger partial charge >= 0.3 is 5.63 Å². The molecule has 0 spiro atoms. The van der Waals surface area contributed by atoms with E-state index in [0.717, 1.165) is 17.5 Å². The maximum atomic E-state index is 13.0. The van der Waals surface area contributed by atoms with Crippen LogP contribution < -0.4 is 5.63 Å². The van der Waals surface area contributed by atoms with E-state index in [9.17, 15) is 18.0 Å². The predicted molar refractivity (Wildman–Crippen MR) is 102 cm³/mol. The molecule has 1 fully saturated rings. The van der Waals surface area contributed by atoms with Gasteiger partial charge in [0, 0.05) is 18.5 Å². The van der Waals surface area contributed by atoms with Gasteiger partial charge in [-0.05, 0) is 38.8 Å². The highest BCUT2D eigenvalue weighted by Gasteiger charge is 2.34. The quantitative estimate of drug-likeness (QED) is 0.623. The van der Waals surface area contributed by atoms with Crippen LogP contribution >= 0.6 is 0 Å². The molecule has 0 N–H and O–H groups in total. The van der Waals surface area contributed by atoms with Gasteiger partial charge in [-0.15, -0.1) is 0 Å². The Kier molecular flexibility index (Phi) is 4.43. The Balaban J connectivity index is 1.82. The number of carbonyl (C=O) groups is 1. The zero-order valence-corrected chi connectivity index (χ0v) is 16.3. The molecule has 28 heavy (non-hydrogen) atoms. The molecule has 0 atom stereocenters. The Morgan fingerprint density at radius 3 is 2.54 bits per heavy atom. The van der Waals surface area contributed by atoms with Crippen LogP contribution in [0.2, 0.25) is 0 Å². The first-order chi connectivity index (χ1) is 13.3. The number of hydrogen-bond acceptors (Lipinski definition) is 6. The molecule has 1 saturated heterocycles. The Bertz CT molecular complexity index is 1250. The standard InChI is InChI=1S/C19H19N3O5S/c1-12-17(28(25,26)21-9-5-6-10-21)13(2)22(20-12)18(23)15-11-14-7-3-4-8-16(14)27-19(15)24/h3-4,7-8,11H,5-6,9-10H2,1-2H3. The van der Waals surface area contributed by atoms with Gasteiger partial charge in [0.05, 0.1) is 11.4 Å². The summed E-state index contributed by atoms with van der Waals surface area (Å²) in [5.74, 6) is -0.719. The van der Waals surface area contributed by atoms with E-state index >= 15 is 0 Å². The summed E-state index contributed by atoms with van der Waals surface area (Å²) in [6.45, 7) is 3.97. The first-order valence-corrected chi connectivity index (χ1v) is 10.4. The molecule has 9 heteroatoms. The van der Waals surface area contributed by atoms with Gasteiger partial charge in [-0.1, -0.05) is 18.2 Å². The molecule has 3 aromatic rings. The molecular formula is C19H19N3O5S. The van der Waals surface area contributed by atoms with Crippen molar-refractivity contribution in [2.45, 2.75) is 31.6 Å². The number of carbonyl (C=O) groups excluding carboxylic acids is 1. The summed E-state index contributed by atoms with van der Waals surface area (Å²) in [6.07, 6.45) is 1.62. The molecule has 2 aromatic heterocycles. The molecule has 1 aliphatic rings. The van der Waals surface area contributed by atoms with Crippen LogP contribution in [0, 0.1) is 13.8 Å². The second-order valence-electron chi connectivity index (χ2n) is 6.81. The smallest absolute Gasteiger partial charge is 0.349 e. The van der Waals surface area contributed by atoms with E-state index in [2.05, 4.69) is 5.10 Å². The summed E-state index contributed by atoms with van der Waals surface area (Å²) in [6, 6.07) is 8.28. The third-order valence-corrected chi connectivity index (χ3v) is 7.10. The SMILES string of the molecule is Cc1nn(C(=O)c2cc3ccccc3oc2=O)c(C)c1S(=O)(=O)N1CCCC1. The van der Waals surface area contributed by atoms with E-state index in [-0.39, 0.29) is 21.8 Å². The minimum atomic E-state index is -3.74. The highest BCUT2D eigenvalue weighted by atomic mass is 32.2. The van der Waals surface area contributed by atoms with Crippen molar-refractivity contribution in [2.24, 2.45) is 0 Å². The lowest BCUT2D eigenvalue weighted by Gasteiger charge is -2.15. The van der Waals surface area contributed by atoms with E-state index in [0.29, 0.717) is 24.1 Å². The maximum Gasteiger partial charge on any atom is 0.349 e. The lowest BCUT2D eigenvalue weighted by atomic mass is 10.2. The number of para-hydroxylation sites is 1. The fourth-order valence-corrected chi connectivity index (χ4v) is 5.45. The highest BCUT2D eigenvalue weighted by molar-refractivity contribution is 7.89. The number of fused-ring (bicyclic) bond motifs is 1. The molecule has 0 radical (unpaired) electrons. The molecule has 4 rings (SSSR count). The first kappa shape index (κ1) is 18.6. The number of nitrogens with zero attached hydrogens (tertiary/aromatic N) is 3. The lowest BCUT2D eigenvalue weighted by Crippen LogP contribution is -2.29. The van der Waals surface area contributed by atoms with Crippen molar-refractivity contribution in [2.75, 3.05) is 13.1 Å². The number of benzene rings is 1. The van der Waals surface area contributed by atoms with Crippen LogP contribution in [0.4, 0.5) is 0 Å². The van der Waals surface area contributed by atoms with Gasteiger partial charge in [-0.2, -0.15) is 14.1 Å². The van der Waals surface area contributed by atoms with E-state index in [4.69, 9.17) is 4.42 Å². The third-order valence-electron chi connectivity index (χ3n) is 4.95. The van der Waals surface area contributed by atoms with Crippen molar-refractivity contribution < 1.29 is 17.6 Å². The summed E-state index contributed by atoms with van der Waals surface area (Å²) in [5, 5.41) is 4.72. The zero-order chi connectivity index (χ0) is 20.1. The number of rotatable bonds is 3. The molecule has 0 saturated carbocycles. The van der Waals surface area contributed by atoms with Crippen molar-refractivity contribution in [3.63, 3.8) is 0 Å². The zero-order valence-electron chi connectivity index (χ0n) is 15.5. The summed E-state index contributed by atoms with van der Waals surface area (Å²) in [4.78, 5) is 25.3. The molecule has 8 nitrogen and oxygen atoms in total. The van der Waals surface area contributed by atoms with Gasteiger partial charge in [0.15, 0.2) is 0 Å². The molecule has 0 aliphatic carbocycles. The predicted octanol–water partition coefficient (Wildman–Crippen LogP) is 2.08. The van der Waals surface area contributed by atoms with Crippen molar-refractivity contribution in [1.82, 2.24) is 14.1 Å². The normalized spacial score (nSPS) is 15.4. The van der Waals surface area contributed by atoms with Gasteiger partial charge < -0.3 is 4.42 Å². The fourth-order valence-electron chi connectivity index (χ4n) is 3.58. The van der Waals surface area contributed by atoms with Crippen molar-refractivity contribution in [3.8, 4) is 0 Å². The second kappa shape index (κ2) is 6.68. The Labute approximate surface area is 161 Å². The van der Waals surface area contributed by atoms with E-state index in [1.54, 1.807) is 31.2 Å². The van der Waals surface area contributed by atoms with Gasteiger partial charge in [-0.25, -0.2) is 13.2 Å². The minimum absolute atomic E-state index is 0.0212. The summed E-state index contributed by atoms with van der Waals surface area (Å²) in [7, 11) is -3.74.